The number of carbonyl (C=O) groups is 1. The number of fused-ring (bicyclic) bond motifs is 3. The van der Waals surface area contributed by atoms with Crippen molar-refractivity contribution in [1.82, 2.24) is 15.0 Å². The Morgan fingerprint density at radius 2 is 1.85 bits per heavy atom. The van der Waals surface area contributed by atoms with Crippen molar-refractivity contribution >= 4 is 57.5 Å². The van der Waals surface area contributed by atoms with Crippen LogP contribution in [0.5, 0.6) is 5.75 Å². The molecule has 1 aliphatic heterocycles. The Morgan fingerprint density at radius 1 is 1.15 bits per heavy atom. The number of amides is 1. The van der Waals surface area contributed by atoms with Gasteiger partial charge in [-0.15, -0.1) is 0 Å². The summed E-state index contributed by atoms with van der Waals surface area (Å²) in [5, 5.41) is 6.82. The fraction of sp³-hybridized carbons (Fsp3) is 0.208. The average molecular weight is 482 g/mol. The Hall–Kier alpha value is -3.29. The van der Waals surface area contributed by atoms with Crippen LogP contribution in [0.25, 0.3) is 11.0 Å². The summed E-state index contributed by atoms with van der Waals surface area (Å²) in [4.78, 5) is 25.1. The number of nitrogens with zero attached hydrogens (tertiary/aromatic N) is 2. The maximum absolute atomic E-state index is 13.2. The predicted molar refractivity (Wildman–Crippen MR) is 131 cm³/mol. The highest BCUT2D eigenvalue weighted by Crippen LogP contribution is 2.42. The first-order chi connectivity index (χ1) is 15.7. The second-order valence-electron chi connectivity index (χ2n) is 8.68. The molecule has 7 nitrogen and oxygen atoms in total. The van der Waals surface area contributed by atoms with Gasteiger partial charge in [0.1, 0.15) is 11.4 Å². The summed E-state index contributed by atoms with van der Waals surface area (Å²) in [6.07, 6.45) is 3.62. The molecule has 0 unspecified atom stereocenters. The van der Waals surface area contributed by atoms with E-state index in [9.17, 15) is 4.79 Å². The Labute approximate surface area is 200 Å². The summed E-state index contributed by atoms with van der Waals surface area (Å²) in [6.45, 7) is 5.98. The summed E-state index contributed by atoms with van der Waals surface area (Å²) < 4.78 is 6.19. The van der Waals surface area contributed by atoms with Gasteiger partial charge in [0, 0.05) is 30.1 Å². The van der Waals surface area contributed by atoms with Crippen molar-refractivity contribution in [3.8, 4) is 5.75 Å². The molecule has 0 saturated heterocycles. The van der Waals surface area contributed by atoms with Gasteiger partial charge < -0.3 is 20.4 Å². The van der Waals surface area contributed by atoms with Crippen LogP contribution in [0.15, 0.2) is 42.7 Å². The topological polar surface area (TPSA) is 91.9 Å². The number of benzene rings is 2. The fourth-order valence-corrected chi connectivity index (χ4v) is 4.39. The van der Waals surface area contributed by atoms with Gasteiger partial charge in [0.15, 0.2) is 0 Å². The minimum Gasteiger partial charge on any atom is -0.486 e. The van der Waals surface area contributed by atoms with Crippen LogP contribution < -0.4 is 15.4 Å². The van der Waals surface area contributed by atoms with Crippen LogP contribution in [0.2, 0.25) is 10.0 Å². The van der Waals surface area contributed by atoms with Gasteiger partial charge in [0.05, 0.1) is 32.3 Å². The molecule has 33 heavy (non-hydrogen) atoms. The van der Waals surface area contributed by atoms with Crippen molar-refractivity contribution < 1.29 is 9.53 Å². The molecule has 3 heterocycles. The molecule has 1 aliphatic rings. The number of aromatic amines is 1. The molecule has 4 aromatic rings. The molecule has 2 aromatic heterocycles. The maximum atomic E-state index is 13.2. The van der Waals surface area contributed by atoms with Crippen molar-refractivity contribution in [2.75, 3.05) is 10.6 Å². The fourth-order valence-electron chi connectivity index (χ4n) is 3.93. The van der Waals surface area contributed by atoms with Crippen LogP contribution >= 0.6 is 23.2 Å². The summed E-state index contributed by atoms with van der Waals surface area (Å²) in [5.74, 6) is 0.747. The molecule has 168 valence electrons. The van der Waals surface area contributed by atoms with E-state index in [1.807, 2.05) is 45.0 Å². The maximum Gasteiger partial charge on any atom is 0.259 e. The standard InChI is InChI=1S/C24H21Cl2N5O2/c1-12-4-6-13(7-5-12)28-22(32)14-8-18-19(15-9-24(2,3)33-21(14)15)30-23(29-18)31-20-16(25)10-27-11-17(20)26/h4-8,10-11H,9H2,1-3H3,(H,28,32)(H2,27,29,30,31). The Morgan fingerprint density at radius 3 is 2.55 bits per heavy atom. The van der Waals surface area contributed by atoms with Crippen molar-refractivity contribution in [2.45, 2.75) is 32.8 Å². The van der Waals surface area contributed by atoms with E-state index < -0.39 is 5.60 Å². The molecule has 0 fully saturated rings. The minimum absolute atomic E-state index is 0.251. The first kappa shape index (κ1) is 21.6. The number of anilines is 3. The number of hydrogen-bond donors (Lipinski definition) is 3. The van der Waals surface area contributed by atoms with Gasteiger partial charge in [-0.25, -0.2) is 4.98 Å². The van der Waals surface area contributed by atoms with Gasteiger partial charge in [-0.3, -0.25) is 9.78 Å². The van der Waals surface area contributed by atoms with Crippen molar-refractivity contribution in [2.24, 2.45) is 0 Å². The first-order valence-corrected chi connectivity index (χ1v) is 11.1. The highest BCUT2D eigenvalue weighted by atomic mass is 35.5. The second-order valence-corrected chi connectivity index (χ2v) is 9.49. The molecule has 0 aliphatic carbocycles. The van der Waals surface area contributed by atoms with Crippen LogP contribution in [0.1, 0.15) is 35.3 Å². The lowest BCUT2D eigenvalue weighted by molar-refractivity contribution is 0.101. The van der Waals surface area contributed by atoms with Crippen LogP contribution in [-0.2, 0) is 6.42 Å². The molecule has 2 aromatic carbocycles. The SMILES string of the molecule is Cc1ccc(NC(=O)c2cc3[nH]c(Nc4c(Cl)cncc4Cl)nc3c3c2OC(C)(C)C3)cc1. The number of ether oxygens (including phenoxy) is 1. The number of nitrogens with one attached hydrogen (secondary N) is 3. The zero-order valence-electron chi connectivity index (χ0n) is 18.2. The largest absolute Gasteiger partial charge is 0.486 e. The van der Waals surface area contributed by atoms with Crippen LogP contribution in [0.3, 0.4) is 0 Å². The van der Waals surface area contributed by atoms with E-state index in [-0.39, 0.29) is 5.91 Å². The van der Waals surface area contributed by atoms with Gasteiger partial charge in [-0.2, -0.15) is 0 Å². The molecular weight excluding hydrogens is 461 g/mol. The minimum atomic E-state index is -0.459. The third-order valence-electron chi connectivity index (χ3n) is 5.46. The number of H-pyrrole nitrogens is 1. The monoisotopic (exact) mass is 481 g/mol. The highest BCUT2D eigenvalue weighted by Gasteiger charge is 2.36. The lowest BCUT2D eigenvalue weighted by Gasteiger charge is -2.18. The van der Waals surface area contributed by atoms with Crippen LogP contribution in [0, 0.1) is 6.92 Å². The lowest BCUT2D eigenvalue weighted by Crippen LogP contribution is -2.25. The molecule has 1 amide bonds. The number of carbonyl (C=O) groups excluding carboxylic acids is 1. The normalized spacial score (nSPS) is 14.1. The number of aryl methyl sites for hydroxylation is 1. The molecule has 0 bridgehead atoms. The zero-order chi connectivity index (χ0) is 23.3. The number of aromatic nitrogens is 3. The van der Waals surface area contributed by atoms with Crippen LogP contribution in [0.4, 0.5) is 17.3 Å². The third kappa shape index (κ3) is 4.10. The Balaban J connectivity index is 1.56. The number of pyridine rings is 1. The second kappa shape index (κ2) is 7.93. The van der Waals surface area contributed by atoms with E-state index in [4.69, 9.17) is 32.9 Å². The number of imidazole rings is 1. The van der Waals surface area contributed by atoms with Gasteiger partial charge in [-0.1, -0.05) is 40.9 Å². The smallest absolute Gasteiger partial charge is 0.259 e. The van der Waals surface area contributed by atoms with E-state index in [2.05, 4.69) is 20.6 Å². The molecule has 5 rings (SSSR count). The first-order valence-electron chi connectivity index (χ1n) is 10.4. The summed E-state index contributed by atoms with van der Waals surface area (Å²) in [7, 11) is 0. The van der Waals surface area contributed by atoms with E-state index in [1.54, 1.807) is 6.07 Å². The quantitative estimate of drug-likeness (QED) is 0.318. The average Bonchev–Trinajstić information content (AvgIpc) is 3.31. The molecular formula is C24H21Cl2N5O2. The molecule has 3 N–H and O–H groups in total. The van der Waals surface area contributed by atoms with Gasteiger partial charge >= 0.3 is 0 Å². The number of halogens is 2. The van der Waals surface area contributed by atoms with Gasteiger partial charge in [0.25, 0.3) is 5.91 Å². The van der Waals surface area contributed by atoms with Crippen LogP contribution in [-0.4, -0.2) is 26.5 Å². The number of hydrogen-bond acceptors (Lipinski definition) is 5. The van der Waals surface area contributed by atoms with Crippen molar-refractivity contribution in [3.05, 3.63) is 69.5 Å². The number of rotatable bonds is 4. The molecule has 0 radical (unpaired) electrons. The Kier molecular flexibility index (Phi) is 5.18. The summed E-state index contributed by atoms with van der Waals surface area (Å²) in [5.41, 5.74) is 4.62. The van der Waals surface area contributed by atoms with E-state index in [0.29, 0.717) is 50.6 Å². The van der Waals surface area contributed by atoms with E-state index >= 15 is 0 Å². The highest BCUT2D eigenvalue weighted by molar-refractivity contribution is 6.39. The zero-order valence-corrected chi connectivity index (χ0v) is 19.7. The van der Waals surface area contributed by atoms with Crippen molar-refractivity contribution in [3.63, 3.8) is 0 Å². The molecule has 0 atom stereocenters. The summed E-state index contributed by atoms with van der Waals surface area (Å²) >= 11 is 12.5. The van der Waals surface area contributed by atoms with Gasteiger partial charge in [-0.05, 0) is 39.0 Å². The van der Waals surface area contributed by atoms with E-state index in [0.717, 1.165) is 16.6 Å². The Bertz CT molecular complexity index is 1380. The predicted octanol–water partition coefficient (Wildman–Crippen LogP) is 6.28. The van der Waals surface area contributed by atoms with Crippen molar-refractivity contribution in [1.29, 1.82) is 0 Å². The van der Waals surface area contributed by atoms with E-state index in [1.165, 1.54) is 12.4 Å². The third-order valence-corrected chi connectivity index (χ3v) is 6.03. The molecule has 9 heteroatoms. The lowest BCUT2D eigenvalue weighted by atomic mass is 9.98. The van der Waals surface area contributed by atoms with Gasteiger partial charge in [0.2, 0.25) is 5.95 Å². The summed E-state index contributed by atoms with van der Waals surface area (Å²) in [6, 6.07) is 9.40. The molecule has 0 spiro atoms. The molecule has 0 saturated carbocycles.